The minimum atomic E-state index is -1.65. The highest BCUT2D eigenvalue weighted by Crippen LogP contribution is 2.18. The number of allylic oxidation sites excluding steroid dienone is 4. The average molecular weight is 483 g/mol. The van der Waals surface area contributed by atoms with Gasteiger partial charge in [0.1, 0.15) is 5.92 Å². The van der Waals surface area contributed by atoms with Gasteiger partial charge in [0.25, 0.3) is 0 Å². The molecule has 0 aliphatic rings. The van der Waals surface area contributed by atoms with E-state index in [-0.39, 0.29) is 6.42 Å². The first-order valence-electron chi connectivity index (χ1n) is 12.2. The maximum atomic E-state index is 12.2. The molecule has 2 atom stereocenters. The Balaban J connectivity index is 4.16. The van der Waals surface area contributed by atoms with Gasteiger partial charge in [0.05, 0.1) is 20.6 Å². The smallest absolute Gasteiger partial charge is 0.348 e. The summed E-state index contributed by atoms with van der Waals surface area (Å²) in [4.78, 5) is 47.1. The zero-order valence-electron chi connectivity index (χ0n) is 21.0. The lowest BCUT2D eigenvalue weighted by Crippen LogP contribution is -2.41. The molecular formula is C26H42O8. The number of hydrogen-bond acceptors (Lipinski definition) is 7. The van der Waals surface area contributed by atoms with Gasteiger partial charge in [0, 0.05) is 6.42 Å². The SMILES string of the molecule is CCCCC/C=C\C/C=C\CCCCCCCC(=O)O[C@@H](C(=O)OC)[C@H](CC(=O)O)C(=O)OC. The van der Waals surface area contributed by atoms with Gasteiger partial charge in [-0.3, -0.25) is 14.4 Å². The molecule has 0 bridgehead atoms. The predicted octanol–water partition coefficient (Wildman–Crippen LogP) is 5.15. The topological polar surface area (TPSA) is 116 Å². The lowest BCUT2D eigenvalue weighted by atomic mass is 9.98. The van der Waals surface area contributed by atoms with Gasteiger partial charge in [-0.1, -0.05) is 63.3 Å². The monoisotopic (exact) mass is 482 g/mol. The Kier molecular flexibility index (Phi) is 19.3. The molecule has 0 spiro atoms. The number of rotatable bonds is 20. The normalized spacial score (nSPS) is 13.0. The number of hydrogen-bond donors (Lipinski definition) is 1. The van der Waals surface area contributed by atoms with Crippen LogP contribution in [0.1, 0.15) is 90.4 Å². The lowest BCUT2D eigenvalue weighted by molar-refractivity contribution is -0.177. The molecule has 0 aromatic rings. The van der Waals surface area contributed by atoms with E-state index in [2.05, 4.69) is 40.7 Å². The van der Waals surface area contributed by atoms with Crippen molar-refractivity contribution in [1.29, 1.82) is 0 Å². The first kappa shape index (κ1) is 31.4. The molecule has 0 unspecified atom stereocenters. The van der Waals surface area contributed by atoms with Crippen LogP contribution in [0, 0.1) is 5.92 Å². The molecule has 0 saturated carbocycles. The molecule has 0 rings (SSSR count). The third-order valence-electron chi connectivity index (χ3n) is 5.29. The summed E-state index contributed by atoms with van der Waals surface area (Å²) in [6.07, 6.45) is 18.0. The van der Waals surface area contributed by atoms with E-state index in [1.165, 1.54) is 19.3 Å². The van der Waals surface area contributed by atoms with Gasteiger partial charge in [0.2, 0.25) is 6.10 Å². The van der Waals surface area contributed by atoms with Crippen LogP contribution in [0.5, 0.6) is 0 Å². The van der Waals surface area contributed by atoms with Crippen molar-refractivity contribution in [3.05, 3.63) is 24.3 Å². The molecule has 0 radical (unpaired) electrons. The molecule has 0 heterocycles. The summed E-state index contributed by atoms with van der Waals surface area (Å²) in [7, 11) is 2.13. The molecule has 8 heteroatoms. The standard InChI is InChI=1S/C26H42O8/c1-4-5-6-7-8-9-10-11-12-13-14-15-16-17-18-19-23(29)34-24(26(31)33-3)21(20-22(27)28)25(30)32-2/h8-9,11-12,21,24H,4-7,10,13-20H2,1-3H3,(H,27,28)/b9-8-,12-11-/t21-,24+/m0/s1. The van der Waals surface area contributed by atoms with Crippen molar-refractivity contribution in [3.8, 4) is 0 Å². The first-order valence-corrected chi connectivity index (χ1v) is 12.2. The predicted molar refractivity (Wildman–Crippen MR) is 129 cm³/mol. The molecule has 194 valence electrons. The molecule has 1 N–H and O–H groups in total. The Labute approximate surface area is 203 Å². The number of carbonyl (C=O) groups is 4. The quantitative estimate of drug-likeness (QED) is 0.110. The Hall–Kier alpha value is -2.64. The molecular weight excluding hydrogens is 440 g/mol. The second kappa shape index (κ2) is 20.9. The van der Waals surface area contributed by atoms with Crippen molar-refractivity contribution in [3.63, 3.8) is 0 Å². The zero-order chi connectivity index (χ0) is 25.6. The summed E-state index contributed by atoms with van der Waals surface area (Å²) >= 11 is 0. The van der Waals surface area contributed by atoms with Crippen molar-refractivity contribution in [2.75, 3.05) is 14.2 Å². The van der Waals surface area contributed by atoms with Crippen molar-refractivity contribution < 1.29 is 38.5 Å². The van der Waals surface area contributed by atoms with E-state index in [1.807, 2.05) is 0 Å². The van der Waals surface area contributed by atoms with Crippen molar-refractivity contribution >= 4 is 23.9 Å². The fourth-order valence-electron chi connectivity index (χ4n) is 3.35. The largest absolute Gasteiger partial charge is 0.481 e. The van der Waals surface area contributed by atoms with Crippen LogP contribution in [0.2, 0.25) is 0 Å². The fraction of sp³-hybridized carbons (Fsp3) is 0.692. The van der Waals surface area contributed by atoms with Gasteiger partial charge in [-0.25, -0.2) is 4.79 Å². The third kappa shape index (κ3) is 16.0. The molecule has 0 saturated heterocycles. The summed E-state index contributed by atoms with van der Waals surface area (Å²) < 4.78 is 14.2. The van der Waals surface area contributed by atoms with Crippen LogP contribution in [-0.2, 0) is 33.4 Å². The molecule has 8 nitrogen and oxygen atoms in total. The number of aliphatic carboxylic acids is 1. The summed E-state index contributed by atoms with van der Waals surface area (Å²) in [5, 5.41) is 9.01. The van der Waals surface area contributed by atoms with E-state index in [1.54, 1.807) is 0 Å². The first-order chi connectivity index (χ1) is 16.4. The summed E-state index contributed by atoms with van der Waals surface area (Å²) in [5.41, 5.74) is 0. The van der Waals surface area contributed by atoms with E-state index < -0.39 is 42.3 Å². The highest BCUT2D eigenvalue weighted by atomic mass is 16.6. The number of carbonyl (C=O) groups excluding carboxylic acids is 3. The van der Waals surface area contributed by atoms with Crippen LogP contribution < -0.4 is 0 Å². The maximum Gasteiger partial charge on any atom is 0.348 e. The van der Waals surface area contributed by atoms with E-state index in [0.717, 1.165) is 59.2 Å². The number of methoxy groups -OCH3 is 2. The fourth-order valence-corrected chi connectivity index (χ4v) is 3.35. The lowest BCUT2D eigenvalue weighted by Gasteiger charge is -2.22. The molecule has 0 amide bonds. The Morgan fingerprint density at radius 3 is 1.88 bits per heavy atom. The maximum absolute atomic E-state index is 12.2. The van der Waals surface area contributed by atoms with Crippen molar-refractivity contribution in [2.24, 2.45) is 5.92 Å². The summed E-state index contributed by atoms with van der Waals surface area (Å²) in [6, 6.07) is 0. The molecule has 0 aliphatic heterocycles. The van der Waals surface area contributed by atoms with Gasteiger partial charge >= 0.3 is 23.9 Å². The Bertz CT molecular complexity index is 653. The van der Waals surface area contributed by atoms with Gasteiger partial charge in [0.15, 0.2) is 0 Å². The second-order valence-electron chi connectivity index (χ2n) is 8.14. The Morgan fingerprint density at radius 2 is 1.32 bits per heavy atom. The zero-order valence-corrected chi connectivity index (χ0v) is 21.0. The molecule has 0 aliphatic carbocycles. The van der Waals surface area contributed by atoms with Crippen LogP contribution in [0.15, 0.2) is 24.3 Å². The summed E-state index contributed by atoms with van der Waals surface area (Å²) in [6.45, 7) is 2.21. The van der Waals surface area contributed by atoms with Gasteiger partial charge < -0.3 is 19.3 Å². The van der Waals surface area contributed by atoms with Gasteiger partial charge in [-0.15, -0.1) is 0 Å². The van der Waals surface area contributed by atoms with Crippen LogP contribution in [-0.4, -0.2) is 49.3 Å². The molecule has 0 fully saturated rings. The number of carboxylic acid groups (broad SMARTS) is 1. The second-order valence-corrected chi connectivity index (χ2v) is 8.14. The van der Waals surface area contributed by atoms with E-state index >= 15 is 0 Å². The van der Waals surface area contributed by atoms with E-state index in [9.17, 15) is 19.2 Å². The number of esters is 3. The van der Waals surface area contributed by atoms with Gasteiger partial charge in [-0.05, 0) is 38.5 Å². The van der Waals surface area contributed by atoms with E-state index in [0.29, 0.717) is 6.42 Å². The minimum absolute atomic E-state index is 0.0684. The summed E-state index contributed by atoms with van der Waals surface area (Å²) in [5.74, 6) is -5.43. The molecule has 0 aromatic heterocycles. The van der Waals surface area contributed by atoms with Crippen LogP contribution in [0.25, 0.3) is 0 Å². The molecule has 34 heavy (non-hydrogen) atoms. The van der Waals surface area contributed by atoms with Gasteiger partial charge in [-0.2, -0.15) is 0 Å². The number of ether oxygens (including phenoxy) is 3. The van der Waals surface area contributed by atoms with Crippen molar-refractivity contribution in [1.82, 2.24) is 0 Å². The van der Waals surface area contributed by atoms with E-state index in [4.69, 9.17) is 9.84 Å². The Morgan fingerprint density at radius 1 is 0.765 bits per heavy atom. The number of carboxylic acids is 1. The molecule has 0 aromatic carbocycles. The minimum Gasteiger partial charge on any atom is -0.481 e. The highest BCUT2D eigenvalue weighted by Gasteiger charge is 2.40. The third-order valence-corrected chi connectivity index (χ3v) is 5.29. The van der Waals surface area contributed by atoms with Crippen molar-refractivity contribution in [2.45, 2.75) is 96.5 Å². The number of unbranched alkanes of at least 4 members (excludes halogenated alkanes) is 8. The van der Waals surface area contributed by atoms with Crippen LogP contribution in [0.3, 0.4) is 0 Å². The highest BCUT2D eigenvalue weighted by molar-refractivity contribution is 5.88. The average Bonchev–Trinajstić information content (AvgIpc) is 2.82. The van der Waals surface area contributed by atoms with Crippen LogP contribution in [0.4, 0.5) is 0 Å². The van der Waals surface area contributed by atoms with Crippen LogP contribution >= 0.6 is 0 Å².